The number of ether oxygens (including phenoxy) is 2. The lowest BCUT2D eigenvalue weighted by Gasteiger charge is -2.49. The number of hydrogen-bond donors (Lipinski definition) is 1. The van der Waals surface area contributed by atoms with E-state index in [0.717, 1.165) is 12.8 Å². The molecule has 1 aliphatic rings. The summed E-state index contributed by atoms with van der Waals surface area (Å²) >= 11 is 0. The minimum Gasteiger partial charge on any atom is -0.413 e. The summed E-state index contributed by atoms with van der Waals surface area (Å²) in [7, 11) is -0.142. The zero-order valence-electron chi connectivity index (χ0n) is 15.7. The molecule has 0 bridgehead atoms. The molecular formula is C17H36O4Si. The average Bonchev–Trinajstić information content (AvgIpc) is 2.41. The molecule has 22 heavy (non-hydrogen) atoms. The van der Waals surface area contributed by atoms with Crippen LogP contribution in [-0.4, -0.2) is 45.6 Å². The van der Waals surface area contributed by atoms with Gasteiger partial charge in [-0.15, -0.1) is 0 Å². The third kappa shape index (κ3) is 4.54. The molecule has 0 aromatic rings. The van der Waals surface area contributed by atoms with Gasteiger partial charge >= 0.3 is 0 Å². The van der Waals surface area contributed by atoms with Crippen molar-refractivity contribution in [3.8, 4) is 0 Å². The highest BCUT2D eigenvalue weighted by molar-refractivity contribution is 6.74. The smallest absolute Gasteiger partial charge is 0.192 e. The maximum Gasteiger partial charge on any atom is 0.192 e. The fraction of sp³-hybridized carbons (Fsp3) is 1.00. The van der Waals surface area contributed by atoms with E-state index in [1.165, 1.54) is 0 Å². The molecule has 1 aliphatic heterocycles. The second-order valence-electron chi connectivity index (χ2n) is 8.21. The Morgan fingerprint density at radius 3 is 2.18 bits per heavy atom. The first-order chi connectivity index (χ1) is 10.0. The summed E-state index contributed by atoms with van der Waals surface area (Å²) in [6.45, 7) is 16.0. The minimum absolute atomic E-state index is 0.0862. The molecule has 0 saturated carbocycles. The van der Waals surface area contributed by atoms with Crippen molar-refractivity contribution in [3.63, 3.8) is 0 Å². The highest BCUT2D eigenvalue weighted by Crippen LogP contribution is 2.42. The van der Waals surface area contributed by atoms with Crippen LogP contribution in [0.2, 0.25) is 18.1 Å². The molecule has 0 unspecified atom stereocenters. The van der Waals surface area contributed by atoms with Crippen molar-refractivity contribution in [1.29, 1.82) is 0 Å². The fourth-order valence-corrected chi connectivity index (χ4v) is 4.35. The molecule has 5 atom stereocenters. The molecule has 0 aromatic carbocycles. The van der Waals surface area contributed by atoms with E-state index in [1.54, 1.807) is 7.11 Å². The molecule has 0 amide bonds. The number of rotatable bonds is 6. The summed E-state index contributed by atoms with van der Waals surface area (Å²) in [5.41, 5.74) is 0. The van der Waals surface area contributed by atoms with E-state index in [4.69, 9.17) is 19.0 Å². The van der Waals surface area contributed by atoms with Gasteiger partial charge in [-0.2, -0.15) is 0 Å². The lowest BCUT2D eigenvalue weighted by Crippen LogP contribution is -2.55. The van der Waals surface area contributed by atoms with Crippen LogP contribution in [0.25, 0.3) is 0 Å². The zero-order valence-corrected chi connectivity index (χ0v) is 16.7. The number of hydrogen-bond acceptors (Lipinski definition) is 4. The molecule has 1 N–H and O–H groups in total. The van der Waals surface area contributed by atoms with E-state index in [2.05, 4.69) is 47.7 Å². The van der Waals surface area contributed by atoms with Gasteiger partial charge in [-0.25, -0.2) is 0 Å². The van der Waals surface area contributed by atoms with Gasteiger partial charge in [0.05, 0.1) is 12.2 Å². The quantitative estimate of drug-likeness (QED) is 0.752. The van der Waals surface area contributed by atoms with E-state index in [0.29, 0.717) is 5.92 Å². The summed E-state index contributed by atoms with van der Waals surface area (Å²) in [5.74, 6) is 0.515. The SMILES string of the molecule is CO[C@@H]1O[C@@H](CCCO)[C@H](C)[C@H](O[Si](C)(C)C(C)(C)C)[C@H]1C. The monoisotopic (exact) mass is 332 g/mol. The lowest BCUT2D eigenvalue weighted by molar-refractivity contribution is -0.251. The van der Waals surface area contributed by atoms with Crippen molar-refractivity contribution >= 4 is 8.32 Å². The van der Waals surface area contributed by atoms with Crippen LogP contribution in [0.3, 0.4) is 0 Å². The van der Waals surface area contributed by atoms with Gasteiger partial charge in [0.15, 0.2) is 14.6 Å². The van der Waals surface area contributed by atoms with E-state index in [1.807, 2.05) is 0 Å². The molecule has 0 aromatic heterocycles. The van der Waals surface area contributed by atoms with Crippen LogP contribution in [0, 0.1) is 11.8 Å². The van der Waals surface area contributed by atoms with E-state index >= 15 is 0 Å². The molecule has 5 heteroatoms. The first-order valence-electron chi connectivity index (χ1n) is 8.52. The minimum atomic E-state index is -1.84. The first-order valence-corrected chi connectivity index (χ1v) is 11.4. The van der Waals surface area contributed by atoms with E-state index in [9.17, 15) is 0 Å². The molecule has 132 valence electrons. The Bertz CT molecular complexity index is 340. The van der Waals surface area contributed by atoms with Gasteiger partial charge in [-0.3, -0.25) is 0 Å². The van der Waals surface area contributed by atoms with Gasteiger partial charge in [-0.05, 0) is 31.0 Å². The summed E-state index contributed by atoms with van der Waals surface area (Å²) in [6.07, 6.45) is 1.61. The molecule has 4 nitrogen and oxygen atoms in total. The second kappa shape index (κ2) is 7.75. The molecular weight excluding hydrogens is 296 g/mol. The van der Waals surface area contributed by atoms with Crippen molar-refractivity contribution in [1.82, 2.24) is 0 Å². The molecule has 1 rings (SSSR count). The largest absolute Gasteiger partial charge is 0.413 e. The van der Waals surface area contributed by atoms with Gasteiger partial charge in [-0.1, -0.05) is 34.6 Å². The predicted molar refractivity (Wildman–Crippen MR) is 92.4 cm³/mol. The van der Waals surface area contributed by atoms with Crippen molar-refractivity contribution in [2.45, 2.75) is 84.1 Å². The average molecular weight is 333 g/mol. The Balaban J connectivity index is 2.92. The van der Waals surface area contributed by atoms with Crippen molar-refractivity contribution in [2.24, 2.45) is 11.8 Å². The lowest BCUT2D eigenvalue weighted by atomic mass is 9.84. The maximum atomic E-state index is 9.11. The van der Waals surface area contributed by atoms with Crippen LogP contribution >= 0.6 is 0 Å². The van der Waals surface area contributed by atoms with Crippen molar-refractivity contribution < 1.29 is 19.0 Å². The summed E-state index contributed by atoms with van der Waals surface area (Å²) < 4.78 is 18.4. The standard InChI is InChI=1S/C17H36O4Si/c1-12-14(10-9-11-18)20-16(19-6)13(2)15(12)21-22(7,8)17(3,4)5/h12-16,18H,9-11H2,1-8H3/t12-,13+,14-,15-,16+/m0/s1. The number of aliphatic hydroxyl groups excluding tert-OH is 1. The Morgan fingerprint density at radius 1 is 1.14 bits per heavy atom. The van der Waals surface area contributed by atoms with Gasteiger partial charge < -0.3 is 19.0 Å². The first kappa shape index (κ1) is 20.1. The van der Waals surface area contributed by atoms with Gasteiger partial charge in [0.1, 0.15) is 0 Å². The van der Waals surface area contributed by atoms with Gasteiger partial charge in [0.25, 0.3) is 0 Å². The highest BCUT2D eigenvalue weighted by Gasteiger charge is 2.47. The molecule has 1 heterocycles. The van der Waals surface area contributed by atoms with Crippen LogP contribution in [0.4, 0.5) is 0 Å². The Labute approximate surface area is 137 Å². The van der Waals surface area contributed by atoms with Gasteiger partial charge in [0.2, 0.25) is 0 Å². The predicted octanol–water partition coefficient (Wildman–Crippen LogP) is 3.79. The summed E-state index contributed by atoms with van der Waals surface area (Å²) in [6, 6.07) is 0. The Kier molecular flexibility index (Phi) is 7.08. The summed E-state index contributed by atoms with van der Waals surface area (Å²) in [5, 5.41) is 9.29. The third-order valence-electron chi connectivity index (χ3n) is 5.48. The van der Waals surface area contributed by atoms with Crippen LogP contribution in [0.5, 0.6) is 0 Å². The van der Waals surface area contributed by atoms with Crippen molar-refractivity contribution in [3.05, 3.63) is 0 Å². The Morgan fingerprint density at radius 2 is 1.73 bits per heavy atom. The maximum absolute atomic E-state index is 9.11. The number of methoxy groups -OCH3 is 1. The van der Waals surface area contributed by atoms with E-state index < -0.39 is 8.32 Å². The summed E-state index contributed by atoms with van der Waals surface area (Å²) in [4.78, 5) is 0. The molecule has 1 fully saturated rings. The molecule has 0 aliphatic carbocycles. The van der Waals surface area contributed by atoms with E-state index in [-0.39, 0.29) is 36.1 Å². The molecule has 0 radical (unpaired) electrons. The highest BCUT2D eigenvalue weighted by atomic mass is 28.4. The molecule has 0 spiro atoms. The van der Waals surface area contributed by atoms with Gasteiger partial charge in [0, 0.05) is 25.6 Å². The number of aliphatic hydroxyl groups is 1. The van der Waals surface area contributed by atoms with Crippen molar-refractivity contribution in [2.75, 3.05) is 13.7 Å². The fourth-order valence-electron chi connectivity index (χ4n) is 2.89. The zero-order chi connectivity index (χ0) is 17.1. The second-order valence-corrected chi connectivity index (χ2v) is 13.0. The van der Waals surface area contributed by atoms with Crippen LogP contribution in [0.1, 0.15) is 47.5 Å². The van der Waals surface area contributed by atoms with Crippen LogP contribution in [0.15, 0.2) is 0 Å². The van der Waals surface area contributed by atoms with Crippen LogP contribution in [-0.2, 0) is 13.9 Å². The Hall–Kier alpha value is 0.0569. The topological polar surface area (TPSA) is 47.9 Å². The normalized spacial score (nSPS) is 34.0. The third-order valence-corrected chi connectivity index (χ3v) is 9.95. The van der Waals surface area contributed by atoms with Crippen LogP contribution < -0.4 is 0 Å². The molecule has 1 saturated heterocycles.